The number of benzene rings is 1. The van der Waals surface area contributed by atoms with E-state index in [1.54, 1.807) is 31.6 Å². The van der Waals surface area contributed by atoms with Crippen LogP contribution in [0.2, 0.25) is 5.02 Å². The van der Waals surface area contributed by atoms with Crippen LogP contribution in [0, 0.1) is 13.8 Å². The predicted octanol–water partition coefficient (Wildman–Crippen LogP) is 3.29. The lowest BCUT2D eigenvalue weighted by atomic mass is 10.2. The van der Waals surface area contributed by atoms with Gasteiger partial charge in [0.05, 0.1) is 19.3 Å². The van der Waals surface area contributed by atoms with Crippen molar-refractivity contribution in [1.82, 2.24) is 15.6 Å². The lowest BCUT2D eigenvalue weighted by Gasteiger charge is -2.13. The van der Waals surface area contributed by atoms with Crippen molar-refractivity contribution in [2.75, 3.05) is 14.2 Å². The number of nitrogens with zero attached hydrogens (tertiary/aromatic N) is 2. The van der Waals surface area contributed by atoms with Crippen LogP contribution in [0.3, 0.4) is 0 Å². The minimum Gasteiger partial charge on any atom is -0.496 e. The molecule has 0 radical (unpaired) electrons. The van der Waals surface area contributed by atoms with Crippen LogP contribution in [0.25, 0.3) is 0 Å². The number of rotatable bonds is 5. The molecule has 0 unspecified atom stereocenters. The van der Waals surface area contributed by atoms with Gasteiger partial charge in [-0.05, 0) is 26.0 Å². The van der Waals surface area contributed by atoms with Crippen molar-refractivity contribution in [3.05, 3.63) is 44.4 Å². The van der Waals surface area contributed by atoms with E-state index in [1.165, 1.54) is 4.88 Å². The molecule has 1 heterocycles. The Hall–Kier alpha value is -1.79. The standard InChI is InChI=1S/C16H21ClN4OS/c1-10-11(2)23-15(21-10)9-20-16(18-3)19-8-12-5-6-13(17)7-14(12)22-4/h5-7H,8-9H2,1-4H3,(H2,18,19,20). The number of guanidine groups is 1. The van der Waals surface area contributed by atoms with Crippen molar-refractivity contribution in [3.63, 3.8) is 0 Å². The van der Waals surface area contributed by atoms with Gasteiger partial charge in [0.2, 0.25) is 0 Å². The van der Waals surface area contributed by atoms with Crippen LogP contribution in [-0.2, 0) is 13.1 Å². The first-order chi connectivity index (χ1) is 11.0. The minimum atomic E-state index is 0.593. The summed E-state index contributed by atoms with van der Waals surface area (Å²) >= 11 is 7.67. The average molecular weight is 353 g/mol. The van der Waals surface area contributed by atoms with E-state index in [-0.39, 0.29) is 0 Å². The van der Waals surface area contributed by atoms with Crippen LogP contribution >= 0.6 is 22.9 Å². The molecule has 124 valence electrons. The number of methoxy groups -OCH3 is 1. The van der Waals surface area contributed by atoms with E-state index in [2.05, 4.69) is 27.5 Å². The first kappa shape index (κ1) is 17.6. The number of hydrogen-bond donors (Lipinski definition) is 2. The number of halogens is 1. The summed E-state index contributed by atoms with van der Waals surface area (Å²) < 4.78 is 5.34. The summed E-state index contributed by atoms with van der Waals surface area (Å²) in [4.78, 5) is 9.98. The van der Waals surface area contributed by atoms with Crippen LogP contribution in [0.1, 0.15) is 21.1 Å². The van der Waals surface area contributed by atoms with Gasteiger partial charge >= 0.3 is 0 Å². The van der Waals surface area contributed by atoms with Crippen molar-refractivity contribution in [2.24, 2.45) is 4.99 Å². The molecule has 0 bridgehead atoms. The predicted molar refractivity (Wildman–Crippen MR) is 96.6 cm³/mol. The van der Waals surface area contributed by atoms with Crippen molar-refractivity contribution in [1.29, 1.82) is 0 Å². The van der Waals surface area contributed by atoms with Crippen molar-refractivity contribution >= 4 is 28.9 Å². The summed E-state index contributed by atoms with van der Waals surface area (Å²) in [5, 5.41) is 8.23. The summed E-state index contributed by atoms with van der Waals surface area (Å²) in [5.41, 5.74) is 2.10. The Balaban J connectivity index is 1.93. The number of ether oxygens (including phenoxy) is 1. The van der Waals surface area contributed by atoms with E-state index in [0.717, 1.165) is 22.0 Å². The van der Waals surface area contributed by atoms with Crippen LogP contribution < -0.4 is 15.4 Å². The highest BCUT2D eigenvalue weighted by Crippen LogP contribution is 2.22. The molecule has 7 heteroatoms. The SMILES string of the molecule is CN=C(NCc1nc(C)c(C)s1)NCc1ccc(Cl)cc1OC. The minimum absolute atomic E-state index is 0.593. The van der Waals surface area contributed by atoms with Gasteiger partial charge < -0.3 is 15.4 Å². The highest BCUT2D eigenvalue weighted by Gasteiger charge is 2.07. The highest BCUT2D eigenvalue weighted by molar-refractivity contribution is 7.11. The maximum absolute atomic E-state index is 5.98. The molecule has 0 amide bonds. The lowest BCUT2D eigenvalue weighted by molar-refractivity contribution is 0.409. The van der Waals surface area contributed by atoms with Crippen molar-refractivity contribution in [2.45, 2.75) is 26.9 Å². The van der Waals surface area contributed by atoms with Crippen LogP contribution in [0.5, 0.6) is 5.75 Å². The number of aliphatic imine (C=N–C) groups is 1. The summed E-state index contributed by atoms with van der Waals surface area (Å²) in [5.74, 6) is 1.47. The van der Waals surface area contributed by atoms with Gasteiger partial charge in [0.15, 0.2) is 5.96 Å². The topological polar surface area (TPSA) is 58.5 Å². The monoisotopic (exact) mass is 352 g/mol. The Morgan fingerprint density at radius 2 is 2.04 bits per heavy atom. The molecule has 0 aliphatic carbocycles. The molecule has 1 aromatic carbocycles. The summed E-state index contributed by atoms with van der Waals surface area (Å²) in [6.45, 7) is 5.35. The Kier molecular flexibility index (Phi) is 6.24. The third-order valence-electron chi connectivity index (χ3n) is 3.40. The molecule has 5 nitrogen and oxygen atoms in total. The van der Waals surface area contributed by atoms with E-state index in [9.17, 15) is 0 Å². The third-order valence-corrected chi connectivity index (χ3v) is 4.71. The van der Waals surface area contributed by atoms with Gasteiger partial charge in [-0.3, -0.25) is 4.99 Å². The van der Waals surface area contributed by atoms with Gasteiger partial charge in [-0.2, -0.15) is 0 Å². The summed E-state index contributed by atoms with van der Waals surface area (Å²) in [6.07, 6.45) is 0. The number of nitrogens with one attached hydrogen (secondary N) is 2. The molecule has 0 aliphatic rings. The maximum Gasteiger partial charge on any atom is 0.191 e. The van der Waals surface area contributed by atoms with Gasteiger partial charge in [-0.1, -0.05) is 17.7 Å². The molecule has 1 aromatic heterocycles. The average Bonchev–Trinajstić information content (AvgIpc) is 2.86. The number of hydrogen-bond acceptors (Lipinski definition) is 4. The maximum atomic E-state index is 5.98. The summed E-state index contributed by atoms with van der Waals surface area (Å²) in [6, 6.07) is 5.59. The Morgan fingerprint density at radius 3 is 2.65 bits per heavy atom. The number of thiazole rings is 1. The molecule has 2 rings (SSSR count). The molecule has 0 saturated heterocycles. The molecule has 0 spiro atoms. The second kappa shape index (κ2) is 8.17. The molecular formula is C16H21ClN4OS. The molecule has 23 heavy (non-hydrogen) atoms. The van der Waals surface area contributed by atoms with E-state index in [4.69, 9.17) is 16.3 Å². The molecule has 2 aromatic rings. The van der Waals surface area contributed by atoms with E-state index in [0.29, 0.717) is 24.1 Å². The smallest absolute Gasteiger partial charge is 0.191 e. The second-order valence-electron chi connectivity index (χ2n) is 4.98. The van der Waals surface area contributed by atoms with Gasteiger partial charge in [-0.25, -0.2) is 4.98 Å². The lowest BCUT2D eigenvalue weighted by Crippen LogP contribution is -2.36. The van der Waals surface area contributed by atoms with Gasteiger partial charge in [0, 0.05) is 29.1 Å². The normalized spacial score (nSPS) is 11.4. The molecular weight excluding hydrogens is 332 g/mol. The second-order valence-corrected chi connectivity index (χ2v) is 6.71. The van der Waals surface area contributed by atoms with Gasteiger partial charge in [0.1, 0.15) is 10.8 Å². The fraction of sp³-hybridized carbons (Fsp3) is 0.375. The van der Waals surface area contributed by atoms with Crippen LogP contribution in [-0.4, -0.2) is 25.1 Å². The van der Waals surface area contributed by atoms with Gasteiger partial charge in [-0.15, -0.1) is 11.3 Å². The Morgan fingerprint density at radius 1 is 1.30 bits per heavy atom. The summed E-state index contributed by atoms with van der Waals surface area (Å²) in [7, 11) is 3.38. The molecule has 2 N–H and O–H groups in total. The first-order valence-corrected chi connectivity index (χ1v) is 8.42. The number of aromatic nitrogens is 1. The molecule has 0 aliphatic heterocycles. The number of aryl methyl sites for hydroxylation is 2. The van der Waals surface area contributed by atoms with Crippen LogP contribution in [0.15, 0.2) is 23.2 Å². The quantitative estimate of drug-likeness (QED) is 0.640. The largest absolute Gasteiger partial charge is 0.496 e. The Bertz CT molecular complexity index is 680. The third kappa shape index (κ3) is 4.84. The Labute approximate surface area is 145 Å². The molecule has 0 atom stereocenters. The van der Waals surface area contributed by atoms with Crippen molar-refractivity contribution < 1.29 is 4.74 Å². The van der Waals surface area contributed by atoms with E-state index >= 15 is 0 Å². The van der Waals surface area contributed by atoms with E-state index in [1.807, 2.05) is 19.1 Å². The molecule has 0 saturated carbocycles. The fourth-order valence-electron chi connectivity index (χ4n) is 2.04. The first-order valence-electron chi connectivity index (χ1n) is 7.23. The van der Waals surface area contributed by atoms with Crippen LogP contribution in [0.4, 0.5) is 0 Å². The zero-order valence-corrected chi connectivity index (χ0v) is 15.3. The molecule has 0 fully saturated rings. The highest BCUT2D eigenvalue weighted by atomic mass is 35.5. The zero-order chi connectivity index (χ0) is 16.8. The van der Waals surface area contributed by atoms with Crippen molar-refractivity contribution in [3.8, 4) is 5.75 Å². The van der Waals surface area contributed by atoms with E-state index < -0.39 is 0 Å². The zero-order valence-electron chi connectivity index (χ0n) is 13.7. The fourth-order valence-corrected chi connectivity index (χ4v) is 3.07. The van der Waals surface area contributed by atoms with Gasteiger partial charge in [0.25, 0.3) is 0 Å².